The second-order valence-corrected chi connectivity index (χ2v) is 8.54. The van der Waals surface area contributed by atoms with E-state index in [2.05, 4.69) is 0 Å². The van der Waals surface area contributed by atoms with Crippen molar-refractivity contribution in [3.63, 3.8) is 0 Å². The highest BCUT2D eigenvalue weighted by atomic mass is 32.2. The molecule has 0 aliphatic carbocycles. The highest BCUT2D eigenvalue weighted by molar-refractivity contribution is 7.89. The van der Waals surface area contributed by atoms with Crippen LogP contribution in [0.15, 0.2) is 35.2 Å². The Kier molecular flexibility index (Phi) is 5.81. The first-order valence-corrected chi connectivity index (χ1v) is 10.2. The van der Waals surface area contributed by atoms with Crippen molar-refractivity contribution in [2.24, 2.45) is 0 Å². The predicted octanol–water partition coefficient (Wildman–Crippen LogP) is 2.47. The van der Waals surface area contributed by atoms with Crippen molar-refractivity contribution in [2.45, 2.75) is 11.8 Å². The molecular weight excluding hydrogens is 427 g/mol. The molecule has 0 bridgehead atoms. The van der Waals surface area contributed by atoms with Gasteiger partial charge in [0.2, 0.25) is 10.0 Å². The second-order valence-electron chi connectivity index (χ2n) is 6.63. The number of amides is 1. The number of nitro benzene ring substituents is 1. The van der Waals surface area contributed by atoms with Crippen molar-refractivity contribution >= 4 is 21.6 Å². The molecule has 3 rings (SSSR count). The van der Waals surface area contributed by atoms with Crippen LogP contribution in [0.1, 0.15) is 15.9 Å². The van der Waals surface area contributed by atoms with Crippen LogP contribution < -0.4 is 0 Å². The zero-order valence-electron chi connectivity index (χ0n) is 15.6. The minimum atomic E-state index is -4.33. The van der Waals surface area contributed by atoms with Gasteiger partial charge in [0.25, 0.3) is 11.6 Å². The molecule has 1 aliphatic rings. The molecule has 8 nitrogen and oxygen atoms in total. The van der Waals surface area contributed by atoms with Gasteiger partial charge in [-0.3, -0.25) is 14.9 Å². The van der Waals surface area contributed by atoms with Crippen LogP contribution in [0.25, 0.3) is 0 Å². The SMILES string of the molecule is Cc1c(F)cc(C(=O)N2CCN(S(=O)(=O)c3cc(F)ccc3F)CC2)cc1[N+](=O)[O-]. The minimum Gasteiger partial charge on any atom is -0.336 e. The van der Waals surface area contributed by atoms with E-state index in [9.17, 15) is 36.5 Å². The second kappa shape index (κ2) is 8.03. The first-order valence-electron chi connectivity index (χ1n) is 8.71. The van der Waals surface area contributed by atoms with Crippen molar-refractivity contribution in [2.75, 3.05) is 26.2 Å². The zero-order valence-corrected chi connectivity index (χ0v) is 16.5. The van der Waals surface area contributed by atoms with Crippen LogP contribution in [0.4, 0.5) is 18.9 Å². The molecule has 0 unspecified atom stereocenters. The Morgan fingerprint density at radius 2 is 1.67 bits per heavy atom. The maximum Gasteiger partial charge on any atom is 0.276 e. The first-order chi connectivity index (χ1) is 14.0. The molecule has 2 aromatic rings. The number of nitrogens with zero attached hydrogens (tertiary/aromatic N) is 3. The lowest BCUT2D eigenvalue weighted by molar-refractivity contribution is -0.385. The zero-order chi connectivity index (χ0) is 22.2. The fourth-order valence-corrected chi connectivity index (χ4v) is 4.60. The summed E-state index contributed by atoms with van der Waals surface area (Å²) in [5.74, 6) is -3.62. The molecule has 1 aliphatic heterocycles. The van der Waals surface area contributed by atoms with E-state index in [1.165, 1.54) is 11.8 Å². The van der Waals surface area contributed by atoms with Gasteiger partial charge in [0.05, 0.1) is 10.5 Å². The van der Waals surface area contributed by atoms with Gasteiger partial charge in [0.1, 0.15) is 22.3 Å². The summed E-state index contributed by atoms with van der Waals surface area (Å²) in [7, 11) is -4.33. The number of nitro groups is 1. The largest absolute Gasteiger partial charge is 0.336 e. The summed E-state index contributed by atoms with van der Waals surface area (Å²) in [5.41, 5.74) is -0.983. The molecule has 1 fully saturated rings. The molecule has 0 atom stereocenters. The lowest BCUT2D eigenvalue weighted by Crippen LogP contribution is -2.50. The number of sulfonamides is 1. The Bertz CT molecular complexity index is 1130. The van der Waals surface area contributed by atoms with Gasteiger partial charge < -0.3 is 4.90 Å². The molecule has 0 N–H and O–H groups in total. The third kappa shape index (κ3) is 4.00. The smallest absolute Gasteiger partial charge is 0.276 e. The van der Waals surface area contributed by atoms with Gasteiger partial charge in [-0.05, 0) is 31.2 Å². The molecule has 1 heterocycles. The molecular formula is C18H16F3N3O5S. The van der Waals surface area contributed by atoms with E-state index in [-0.39, 0.29) is 37.3 Å². The Labute approximate surface area is 169 Å². The van der Waals surface area contributed by atoms with Crippen LogP contribution in [0, 0.1) is 34.5 Å². The van der Waals surface area contributed by atoms with E-state index in [0.29, 0.717) is 12.1 Å². The monoisotopic (exact) mass is 443 g/mol. The van der Waals surface area contributed by atoms with Crippen LogP contribution in [0.5, 0.6) is 0 Å². The van der Waals surface area contributed by atoms with Crippen LogP contribution in [-0.2, 0) is 10.0 Å². The number of piperazine rings is 1. The van der Waals surface area contributed by atoms with Gasteiger partial charge in [-0.2, -0.15) is 4.31 Å². The summed E-state index contributed by atoms with van der Waals surface area (Å²) in [6.07, 6.45) is 0. The van der Waals surface area contributed by atoms with Gasteiger partial charge in [-0.15, -0.1) is 0 Å². The number of halogens is 3. The van der Waals surface area contributed by atoms with E-state index in [1.807, 2.05) is 0 Å². The fraction of sp³-hybridized carbons (Fsp3) is 0.278. The maximum atomic E-state index is 14.0. The van der Waals surface area contributed by atoms with Gasteiger partial charge >= 0.3 is 0 Å². The minimum absolute atomic E-state index is 0.113. The summed E-state index contributed by atoms with van der Waals surface area (Å²) < 4.78 is 67.3. The normalized spacial score (nSPS) is 15.3. The van der Waals surface area contributed by atoms with E-state index >= 15 is 0 Å². The topological polar surface area (TPSA) is 101 Å². The van der Waals surface area contributed by atoms with Crippen molar-refractivity contribution in [3.8, 4) is 0 Å². The van der Waals surface area contributed by atoms with E-state index in [1.54, 1.807) is 0 Å². The number of hydrogen-bond acceptors (Lipinski definition) is 5. The van der Waals surface area contributed by atoms with Crippen LogP contribution >= 0.6 is 0 Å². The summed E-state index contributed by atoms with van der Waals surface area (Å²) in [6.45, 7) is 0.578. The molecule has 30 heavy (non-hydrogen) atoms. The molecule has 2 aromatic carbocycles. The third-order valence-corrected chi connectivity index (χ3v) is 6.71. The summed E-state index contributed by atoms with van der Waals surface area (Å²) in [4.78, 5) is 23.3. The van der Waals surface area contributed by atoms with Gasteiger partial charge in [-0.1, -0.05) is 0 Å². The molecule has 1 amide bonds. The average molecular weight is 443 g/mol. The van der Waals surface area contributed by atoms with Crippen molar-refractivity contribution in [1.29, 1.82) is 0 Å². The molecule has 160 valence electrons. The summed E-state index contributed by atoms with van der Waals surface area (Å²) >= 11 is 0. The molecule has 0 aromatic heterocycles. The van der Waals surface area contributed by atoms with E-state index in [0.717, 1.165) is 22.5 Å². The maximum absolute atomic E-state index is 14.0. The number of hydrogen-bond donors (Lipinski definition) is 0. The lowest BCUT2D eigenvalue weighted by atomic mass is 10.1. The first kappa shape index (κ1) is 21.7. The Morgan fingerprint density at radius 1 is 1.03 bits per heavy atom. The lowest BCUT2D eigenvalue weighted by Gasteiger charge is -2.34. The average Bonchev–Trinajstić information content (AvgIpc) is 2.71. The quantitative estimate of drug-likeness (QED) is 0.534. The van der Waals surface area contributed by atoms with E-state index in [4.69, 9.17) is 0 Å². The Morgan fingerprint density at radius 3 is 2.27 bits per heavy atom. The highest BCUT2D eigenvalue weighted by Crippen LogP contribution is 2.25. The Hall–Kier alpha value is -2.99. The number of carbonyl (C=O) groups is 1. The van der Waals surface area contributed by atoms with Gasteiger partial charge in [-0.25, -0.2) is 21.6 Å². The van der Waals surface area contributed by atoms with Gasteiger partial charge in [0.15, 0.2) is 0 Å². The molecule has 0 saturated carbocycles. The summed E-state index contributed by atoms with van der Waals surface area (Å²) in [6, 6.07) is 3.93. The van der Waals surface area contributed by atoms with Crippen molar-refractivity contribution in [3.05, 3.63) is 69.0 Å². The standard InChI is InChI=1S/C18H16F3N3O5S/c1-11-15(21)8-12(9-16(11)24(26)27)18(25)22-4-6-23(7-5-22)30(28,29)17-10-13(19)2-3-14(17)20/h2-3,8-10H,4-7H2,1H3. The van der Waals surface area contributed by atoms with Crippen molar-refractivity contribution < 1.29 is 31.3 Å². The highest BCUT2D eigenvalue weighted by Gasteiger charge is 2.33. The van der Waals surface area contributed by atoms with Crippen LogP contribution in [0.2, 0.25) is 0 Å². The van der Waals surface area contributed by atoms with Crippen LogP contribution in [-0.4, -0.2) is 54.6 Å². The van der Waals surface area contributed by atoms with E-state index < -0.39 is 48.9 Å². The molecule has 12 heteroatoms. The van der Waals surface area contributed by atoms with Crippen LogP contribution in [0.3, 0.4) is 0 Å². The third-order valence-electron chi connectivity index (χ3n) is 4.80. The predicted molar refractivity (Wildman–Crippen MR) is 98.8 cm³/mol. The molecule has 0 spiro atoms. The number of benzene rings is 2. The van der Waals surface area contributed by atoms with Crippen molar-refractivity contribution in [1.82, 2.24) is 9.21 Å². The fourth-order valence-electron chi connectivity index (χ4n) is 3.11. The summed E-state index contributed by atoms with van der Waals surface area (Å²) in [5, 5.41) is 11.0. The molecule has 0 radical (unpaired) electrons. The Balaban J connectivity index is 1.78. The molecule has 1 saturated heterocycles. The van der Waals surface area contributed by atoms with Gasteiger partial charge in [0, 0.05) is 37.8 Å². The number of carbonyl (C=O) groups excluding carboxylic acids is 1. The number of rotatable bonds is 4.